The van der Waals surface area contributed by atoms with E-state index in [4.69, 9.17) is 4.74 Å². The van der Waals surface area contributed by atoms with Gasteiger partial charge in [0.15, 0.2) is 11.9 Å². The van der Waals surface area contributed by atoms with Crippen molar-refractivity contribution in [2.24, 2.45) is 0 Å². The van der Waals surface area contributed by atoms with Gasteiger partial charge in [-0.25, -0.2) is 0 Å². The van der Waals surface area contributed by atoms with Crippen LogP contribution in [0.5, 0.6) is 17.2 Å². The first-order valence-electron chi connectivity index (χ1n) is 11.6. The van der Waals surface area contributed by atoms with Crippen LogP contribution in [0.3, 0.4) is 0 Å². The minimum absolute atomic E-state index is 0.0976. The fraction of sp³-hybridized carbons (Fsp3) is 0.308. The second-order valence-electron chi connectivity index (χ2n) is 8.77. The molecule has 0 bridgehead atoms. The predicted octanol–water partition coefficient (Wildman–Crippen LogP) is 7.35. The van der Waals surface area contributed by atoms with E-state index in [0.717, 1.165) is 29.2 Å². The summed E-state index contributed by atoms with van der Waals surface area (Å²) in [6, 6.07) is 11.9. The molecule has 0 saturated carbocycles. The van der Waals surface area contributed by atoms with Crippen LogP contribution in [-0.2, 0) is 0 Å². The molecule has 1 aliphatic rings. The van der Waals surface area contributed by atoms with E-state index in [-0.39, 0.29) is 28.1 Å². The van der Waals surface area contributed by atoms with E-state index >= 15 is 0 Å². The first kappa shape index (κ1) is 30.1. The average molecular weight is 599 g/mol. The van der Waals surface area contributed by atoms with Crippen molar-refractivity contribution in [1.82, 2.24) is 0 Å². The molecule has 41 heavy (non-hydrogen) atoms. The number of fused-ring (bicyclic) bond motifs is 1. The van der Waals surface area contributed by atoms with E-state index in [2.05, 4.69) is 9.47 Å². The maximum absolute atomic E-state index is 13.8. The van der Waals surface area contributed by atoms with Crippen molar-refractivity contribution in [2.45, 2.75) is 37.2 Å². The molecule has 0 spiro atoms. The molecular formula is C26H19F10NO4. The quantitative estimate of drug-likeness (QED) is 0.275. The predicted molar refractivity (Wildman–Crippen MR) is 124 cm³/mol. The number of aliphatic hydroxyl groups is 1. The molecule has 2 unspecified atom stereocenters. The van der Waals surface area contributed by atoms with Gasteiger partial charge in [0, 0.05) is 11.1 Å². The molecule has 222 valence electrons. The molecule has 4 rings (SSSR count). The summed E-state index contributed by atoms with van der Waals surface area (Å²) in [7, 11) is 0. The van der Waals surface area contributed by atoms with Crippen molar-refractivity contribution in [1.29, 1.82) is 0 Å². The highest BCUT2D eigenvalue weighted by Gasteiger charge is 2.46. The summed E-state index contributed by atoms with van der Waals surface area (Å²) in [5.74, 6) is -1.45. The number of halogens is 10. The molecule has 3 aromatic rings. The number of rotatable bonds is 8. The summed E-state index contributed by atoms with van der Waals surface area (Å²) >= 11 is 0. The van der Waals surface area contributed by atoms with Crippen LogP contribution < -0.4 is 19.1 Å². The fourth-order valence-electron chi connectivity index (χ4n) is 4.22. The Hall–Kier alpha value is -3.88. The second-order valence-corrected chi connectivity index (χ2v) is 8.77. The van der Waals surface area contributed by atoms with Gasteiger partial charge in [0.05, 0.1) is 18.3 Å². The van der Waals surface area contributed by atoms with Gasteiger partial charge in [-0.05, 0) is 29.8 Å². The number of para-hydroxylation sites is 2. The zero-order chi connectivity index (χ0) is 30.2. The number of nitrogens with zero attached hydrogens (tertiary/aromatic N) is 1. The summed E-state index contributed by atoms with van der Waals surface area (Å²) in [5, 5.41) is 9.91. The lowest BCUT2D eigenvalue weighted by molar-refractivity contribution is -0.274. The Balaban J connectivity index is 1.80. The molecule has 1 aliphatic heterocycles. The van der Waals surface area contributed by atoms with Crippen molar-refractivity contribution in [3.05, 3.63) is 72.3 Å². The third kappa shape index (κ3) is 6.89. The van der Waals surface area contributed by atoms with Gasteiger partial charge in [0.2, 0.25) is 0 Å². The largest absolute Gasteiger partial charge is 0.573 e. The normalized spacial score (nSPS) is 16.7. The lowest BCUT2D eigenvalue weighted by atomic mass is 9.97. The molecule has 15 heteroatoms. The van der Waals surface area contributed by atoms with Gasteiger partial charge in [-0.3, -0.25) is 0 Å². The van der Waals surface area contributed by atoms with Gasteiger partial charge in [-0.2, -0.15) is 30.7 Å². The van der Waals surface area contributed by atoms with Crippen LogP contribution in [0, 0.1) is 0 Å². The SMILES string of the molecule is OC(CN1c2cccc(-c3cccc(OC(F)(F)F)c3)c2OCC1c1ccccc1OC(F)(F)C(F)F)C(F)(F)F. The monoisotopic (exact) mass is 599 g/mol. The number of hydrogen-bond acceptors (Lipinski definition) is 5. The molecule has 2 atom stereocenters. The zero-order valence-electron chi connectivity index (χ0n) is 20.4. The summed E-state index contributed by atoms with van der Waals surface area (Å²) in [6.07, 6.45) is -22.2. The summed E-state index contributed by atoms with van der Waals surface area (Å²) in [6.45, 7) is -1.70. The molecule has 1 N–H and O–H groups in total. The van der Waals surface area contributed by atoms with Crippen LogP contribution in [0.1, 0.15) is 11.6 Å². The number of benzene rings is 3. The van der Waals surface area contributed by atoms with E-state index < -0.39 is 61.9 Å². The third-order valence-corrected chi connectivity index (χ3v) is 5.97. The highest BCUT2D eigenvalue weighted by molar-refractivity contribution is 5.80. The Morgan fingerprint density at radius 2 is 1.56 bits per heavy atom. The van der Waals surface area contributed by atoms with Crippen molar-refractivity contribution in [2.75, 3.05) is 18.1 Å². The lowest BCUT2D eigenvalue weighted by Crippen LogP contribution is -2.46. The van der Waals surface area contributed by atoms with Gasteiger partial charge in [0.1, 0.15) is 18.1 Å². The van der Waals surface area contributed by atoms with Gasteiger partial charge < -0.3 is 24.2 Å². The molecular weight excluding hydrogens is 580 g/mol. The number of anilines is 1. The minimum atomic E-state index is -5.11. The number of β-amino-alcohol motifs (C(OH)–C–C–N with tert-alkyl or cyclic N) is 1. The van der Waals surface area contributed by atoms with Crippen molar-refractivity contribution < 1.29 is 63.2 Å². The first-order valence-corrected chi connectivity index (χ1v) is 11.6. The first-order chi connectivity index (χ1) is 19.1. The van der Waals surface area contributed by atoms with Crippen molar-refractivity contribution >= 4 is 5.69 Å². The smallest absolute Gasteiger partial charge is 0.488 e. The van der Waals surface area contributed by atoms with Gasteiger partial charge >= 0.3 is 25.1 Å². The Bertz CT molecular complexity index is 1360. The molecule has 5 nitrogen and oxygen atoms in total. The van der Waals surface area contributed by atoms with Crippen LogP contribution in [0.25, 0.3) is 11.1 Å². The molecule has 0 fully saturated rings. The van der Waals surface area contributed by atoms with E-state index in [1.54, 1.807) is 0 Å². The third-order valence-electron chi connectivity index (χ3n) is 5.97. The van der Waals surface area contributed by atoms with E-state index in [0.29, 0.717) is 0 Å². The summed E-state index contributed by atoms with van der Waals surface area (Å²) < 4.78 is 146. The molecule has 1 heterocycles. The standard InChI is InChI=1S/C26H19F10NO4/c27-23(28)25(32,33)41-20-10-2-1-7-17(20)19-13-39-22-16(14-5-3-6-15(11-14)40-26(34,35)36)8-4-9-18(22)37(19)12-21(38)24(29,30)31/h1-11,19,21,23,38H,12-13H2. The van der Waals surface area contributed by atoms with Crippen LogP contribution in [0.15, 0.2) is 66.7 Å². The number of hydrogen-bond donors (Lipinski definition) is 1. The van der Waals surface area contributed by atoms with Gasteiger partial charge in [0.25, 0.3) is 0 Å². The number of alkyl halides is 10. The van der Waals surface area contributed by atoms with Crippen LogP contribution in [0.2, 0.25) is 0 Å². The number of aliphatic hydroxyl groups excluding tert-OH is 1. The Kier molecular flexibility index (Phi) is 8.21. The molecule has 3 aromatic carbocycles. The molecule has 0 saturated heterocycles. The molecule has 0 radical (unpaired) electrons. The van der Waals surface area contributed by atoms with Crippen LogP contribution >= 0.6 is 0 Å². The molecule has 0 amide bonds. The maximum Gasteiger partial charge on any atom is 0.573 e. The number of ether oxygens (including phenoxy) is 3. The Morgan fingerprint density at radius 1 is 0.878 bits per heavy atom. The van der Waals surface area contributed by atoms with Crippen LogP contribution in [-0.4, -0.2) is 49.4 Å². The van der Waals surface area contributed by atoms with Gasteiger partial charge in [-0.1, -0.05) is 42.5 Å². The van der Waals surface area contributed by atoms with Crippen LogP contribution in [0.4, 0.5) is 49.6 Å². The maximum atomic E-state index is 13.8. The van der Waals surface area contributed by atoms with Crippen molar-refractivity contribution in [3.63, 3.8) is 0 Å². The lowest BCUT2D eigenvalue weighted by Gasteiger charge is -2.41. The average Bonchev–Trinajstić information content (AvgIpc) is 2.87. The summed E-state index contributed by atoms with van der Waals surface area (Å²) in [5.41, 5.74) is -0.0917. The molecule has 0 aromatic heterocycles. The summed E-state index contributed by atoms with van der Waals surface area (Å²) in [4.78, 5) is 0.971. The zero-order valence-corrected chi connectivity index (χ0v) is 20.4. The topological polar surface area (TPSA) is 51.2 Å². The van der Waals surface area contributed by atoms with Crippen molar-refractivity contribution in [3.8, 4) is 28.4 Å². The van der Waals surface area contributed by atoms with E-state index in [1.807, 2.05) is 0 Å². The van der Waals surface area contributed by atoms with E-state index in [9.17, 15) is 49.0 Å². The minimum Gasteiger partial charge on any atom is -0.488 e. The second kappa shape index (κ2) is 11.2. The fourth-order valence-corrected chi connectivity index (χ4v) is 4.22. The Labute approximate surface area is 225 Å². The van der Waals surface area contributed by atoms with Gasteiger partial charge in [-0.15, -0.1) is 13.2 Å². The molecule has 0 aliphatic carbocycles. The highest BCUT2D eigenvalue weighted by atomic mass is 19.4. The Morgan fingerprint density at radius 3 is 2.22 bits per heavy atom. The van der Waals surface area contributed by atoms with E-state index in [1.165, 1.54) is 42.5 Å². The highest BCUT2D eigenvalue weighted by Crippen LogP contribution is 2.48.